The molecule has 0 amide bonds. The molecular formula is C10H15ClN2O. The lowest BCUT2D eigenvalue weighted by atomic mass is 9.96. The van der Waals surface area contributed by atoms with Crippen molar-refractivity contribution in [3.05, 3.63) is 23.0 Å². The fraction of sp³-hybridized carbons (Fsp3) is 0.600. The van der Waals surface area contributed by atoms with Crippen LogP contribution in [0.3, 0.4) is 0 Å². The summed E-state index contributed by atoms with van der Waals surface area (Å²) in [4.78, 5) is 0. The van der Waals surface area contributed by atoms with Crippen LogP contribution >= 0.6 is 12.4 Å². The topological polar surface area (TPSA) is 35.0 Å². The number of rotatable bonds is 0. The van der Waals surface area contributed by atoms with Crippen LogP contribution in [0.1, 0.15) is 30.8 Å². The fourth-order valence-electron chi connectivity index (χ4n) is 1.57. The first-order chi connectivity index (χ1) is 6.07. The molecule has 0 bridgehead atoms. The van der Waals surface area contributed by atoms with Crippen LogP contribution in [0.2, 0.25) is 0 Å². The number of nitrogens with zero attached hydrogens (tertiary/aromatic N) is 2. The average molecular weight is 215 g/mol. The average Bonchev–Trinajstić information content (AvgIpc) is 2.05. The van der Waals surface area contributed by atoms with E-state index in [1.54, 1.807) is 0 Å². The molecule has 0 unspecified atom stereocenters. The molecule has 0 spiro atoms. The van der Waals surface area contributed by atoms with Gasteiger partial charge in [0.25, 0.3) is 0 Å². The van der Waals surface area contributed by atoms with Crippen LogP contribution in [-0.2, 0) is 17.8 Å². The lowest BCUT2D eigenvalue weighted by molar-refractivity contribution is -0.0416. The predicted molar refractivity (Wildman–Crippen MR) is 56.6 cm³/mol. The van der Waals surface area contributed by atoms with Crippen molar-refractivity contribution in [3.8, 4) is 0 Å². The van der Waals surface area contributed by atoms with Gasteiger partial charge in [0.2, 0.25) is 0 Å². The molecule has 1 aliphatic heterocycles. The Morgan fingerprint density at radius 1 is 1.36 bits per heavy atom. The number of fused-ring (bicyclic) bond motifs is 1. The summed E-state index contributed by atoms with van der Waals surface area (Å²) in [6, 6.07) is 2.05. The van der Waals surface area contributed by atoms with Crippen molar-refractivity contribution in [2.45, 2.75) is 39.4 Å². The van der Waals surface area contributed by atoms with Gasteiger partial charge in [-0.2, -0.15) is 10.2 Å². The number of ether oxygens (including phenoxy) is 1. The molecule has 0 atom stereocenters. The van der Waals surface area contributed by atoms with Crippen LogP contribution in [0, 0.1) is 6.92 Å². The van der Waals surface area contributed by atoms with Crippen molar-refractivity contribution in [3.63, 3.8) is 0 Å². The first kappa shape index (κ1) is 11.4. The molecule has 2 rings (SSSR count). The Balaban J connectivity index is 0.000000980. The zero-order valence-corrected chi connectivity index (χ0v) is 9.52. The van der Waals surface area contributed by atoms with Gasteiger partial charge in [0, 0.05) is 12.0 Å². The number of aryl methyl sites for hydroxylation is 1. The van der Waals surface area contributed by atoms with E-state index in [9.17, 15) is 0 Å². The molecule has 4 heteroatoms. The Morgan fingerprint density at radius 2 is 2.07 bits per heavy atom. The van der Waals surface area contributed by atoms with Gasteiger partial charge in [0.15, 0.2) is 0 Å². The molecule has 1 aromatic rings. The Hall–Kier alpha value is -0.670. The molecule has 1 aromatic heterocycles. The highest BCUT2D eigenvalue weighted by atomic mass is 35.5. The third-order valence-electron chi connectivity index (χ3n) is 2.29. The molecule has 0 radical (unpaired) electrons. The number of halogens is 1. The molecule has 0 aliphatic carbocycles. The van der Waals surface area contributed by atoms with Crippen LogP contribution in [0.4, 0.5) is 0 Å². The van der Waals surface area contributed by atoms with Gasteiger partial charge < -0.3 is 4.74 Å². The maximum absolute atomic E-state index is 5.68. The summed E-state index contributed by atoms with van der Waals surface area (Å²) >= 11 is 0. The molecular weight excluding hydrogens is 200 g/mol. The van der Waals surface area contributed by atoms with Crippen molar-refractivity contribution in [2.75, 3.05) is 0 Å². The summed E-state index contributed by atoms with van der Waals surface area (Å²) < 4.78 is 5.68. The normalized spacial score (nSPS) is 18.2. The Labute approximate surface area is 90.3 Å². The van der Waals surface area contributed by atoms with E-state index < -0.39 is 0 Å². The van der Waals surface area contributed by atoms with Gasteiger partial charge in [-0.25, -0.2) is 0 Å². The smallest absolute Gasteiger partial charge is 0.0743 e. The minimum Gasteiger partial charge on any atom is -0.370 e. The van der Waals surface area contributed by atoms with Gasteiger partial charge >= 0.3 is 0 Å². The van der Waals surface area contributed by atoms with Gasteiger partial charge in [0.05, 0.1) is 23.6 Å². The quantitative estimate of drug-likeness (QED) is 0.663. The highest BCUT2D eigenvalue weighted by Gasteiger charge is 2.27. The lowest BCUT2D eigenvalue weighted by Crippen LogP contribution is -2.32. The minimum atomic E-state index is -0.0864. The summed E-state index contributed by atoms with van der Waals surface area (Å²) in [7, 11) is 0. The predicted octanol–water partition coefficient (Wildman–Crippen LogP) is 2.06. The summed E-state index contributed by atoms with van der Waals surface area (Å²) in [6.45, 7) is 6.78. The molecule has 1 aliphatic rings. The first-order valence-corrected chi connectivity index (χ1v) is 4.53. The van der Waals surface area contributed by atoms with E-state index in [-0.39, 0.29) is 18.0 Å². The molecule has 0 fully saturated rings. The first-order valence-electron chi connectivity index (χ1n) is 4.53. The highest BCUT2D eigenvalue weighted by molar-refractivity contribution is 5.85. The van der Waals surface area contributed by atoms with E-state index in [0.717, 1.165) is 17.8 Å². The number of hydrogen-bond donors (Lipinski definition) is 0. The van der Waals surface area contributed by atoms with Crippen LogP contribution in [-0.4, -0.2) is 15.8 Å². The van der Waals surface area contributed by atoms with E-state index in [4.69, 9.17) is 4.74 Å². The third kappa shape index (κ3) is 2.22. The van der Waals surface area contributed by atoms with Crippen LogP contribution < -0.4 is 0 Å². The largest absolute Gasteiger partial charge is 0.370 e. The third-order valence-corrected chi connectivity index (χ3v) is 2.29. The Kier molecular flexibility index (Phi) is 3.12. The maximum atomic E-state index is 5.68. The van der Waals surface area contributed by atoms with Crippen molar-refractivity contribution in [1.82, 2.24) is 10.2 Å². The minimum absolute atomic E-state index is 0. The highest BCUT2D eigenvalue weighted by Crippen LogP contribution is 2.25. The second kappa shape index (κ2) is 3.83. The summed E-state index contributed by atoms with van der Waals surface area (Å²) in [6.07, 6.45) is 0.857. The van der Waals surface area contributed by atoms with Crippen LogP contribution in [0.5, 0.6) is 0 Å². The van der Waals surface area contributed by atoms with E-state index in [1.807, 2.05) is 6.92 Å². The van der Waals surface area contributed by atoms with Crippen LogP contribution in [0.25, 0.3) is 0 Å². The van der Waals surface area contributed by atoms with Crippen molar-refractivity contribution in [1.29, 1.82) is 0 Å². The van der Waals surface area contributed by atoms with Crippen molar-refractivity contribution < 1.29 is 4.74 Å². The molecule has 0 saturated heterocycles. The van der Waals surface area contributed by atoms with Gasteiger partial charge in [-0.3, -0.25) is 0 Å². The van der Waals surface area contributed by atoms with E-state index in [2.05, 4.69) is 30.1 Å². The molecule has 0 saturated carbocycles. The molecule has 78 valence electrons. The molecule has 0 aromatic carbocycles. The van der Waals surface area contributed by atoms with Gasteiger partial charge in [-0.05, 0) is 26.8 Å². The summed E-state index contributed by atoms with van der Waals surface area (Å²) in [5, 5.41) is 8.24. The number of aromatic nitrogens is 2. The van der Waals surface area contributed by atoms with E-state index >= 15 is 0 Å². The zero-order valence-electron chi connectivity index (χ0n) is 8.70. The SMILES string of the molecule is Cc1cc2c(nn1)CC(C)(C)OC2.Cl. The fourth-order valence-corrected chi connectivity index (χ4v) is 1.57. The standard InChI is InChI=1S/C10H14N2O.ClH/c1-7-4-8-6-13-10(2,3)5-9(8)12-11-7;/h4H,5-6H2,1-3H3;1H. The van der Waals surface area contributed by atoms with Gasteiger partial charge in [0.1, 0.15) is 0 Å². The van der Waals surface area contributed by atoms with Gasteiger partial charge in [-0.1, -0.05) is 0 Å². The van der Waals surface area contributed by atoms with Gasteiger partial charge in [-0.15, -0.1) is 12.4 Å². The lowest BCUT2D eigenvalue weighted by Gasteiger charge is -2.30. The molecule has 0 N–H and O–H groups in total. The Bertz CT molecular complexity index is 339. The summed E-state index contributed by atoms with van der Waals surface area (Å²) in [5.41, 5.74) is 3.15. The molecule has 2 heterocycles. The monoisotopic (exact) mass is 214 g/mol. The second-order valence-corrected chi connectivity index (χ2v) is 4.18. The maximum Gasteiger partial charge on any atom is 0.0743 e. The van der Waals surface area contributed by atoms with Crippen molar-refractivity contribution in [2.24, 2.45) is 0 Å². The zero-order chi connectivity index (χ0) is 9.47. The van der Waals surface area contributed by atoms with Crippen LogP contribution in [0.15, 0.2) is 6.07 Å². The van der Waals surface area contributed by atoms with E-state index in [1.165, 1.54) is 5.56 Å². The molecule has 14 heavy (non-hydrogen) atoms. The summed E-state index contributed by atoms with van der Waals surface area (Å²) in [5.74, 6) is 0. The molecule has 3 nitrogen and oxygen atoms in total. The Morgan fingerprint density at radius 3 is 2.79 bits per heavy atom. The number of hydrogen-bond acceptors (Lipinski definition) is 3. The van der Waals surface area contributed by atoms with Crippen molar-refractivity contribution >= 4 is 12.4 Å². The van der Waals surface area contributed by atoms with E-state index in [0.29, 0.717) is 6.61 Å². The second-order valence-electron chi connectivity index (χ2n) is 4.18.